The summed E-state index contributed by atoms with van der Waals surface area (Å²) in [6.07, 6.45) is 2.46. The van der Waals surface area contributed by atoms with E-state index in [2.05, 4.69) is 36.3 Å². The Morgan fingerprint density at radius 2 is 2.17 bits per heavy atom. The van der Waals surface area contributed by atoms with E-state index in [0.29, 0.717) is 0 Å². The normalized spacial score (nSPS) is 24.4. The third kappa shape index (κ3) is 2.68. The molecule has 3 heteroatoms. The minimum Gasteiger partial charge on any atom is -0.491 e. The fourth-order valence-electron chi connectivity index (χ4n) is 2.79. The Hall–Kier alpha value is -1.06. The van der Waals surface area contributed by atoms with Crippen LogP contribution in [-0.4, -0.2) is 44.2 Å². The molecule has 18 heavy (non-hydrogen) atoms. The van der Waals surface area contributed by atoms with Crippen LogP contribution in [0.4, 0.5) is 0 Å². The highest BCUT2D eigenvalue weighted by molar-refractivity contribution is 5.31. The van der Waals surface area contributed by atoms with E-state index in [4.69, 9.17) is 4.74 Å². The molecule has 1 saturated heterocycles. The van der Waals surface area contributed by atoms with Gasteiger partial charge in [-0.3, -0.25) is 4.90 Å². The number of nitrogens with zero attached hydrogens (tertiary/aromatic N) is 1. The lowest BCUT2D eigenvalue weighted by atomic mass is 9.97. The van der Waals surface area contributed by atoms with Gasteiger partial charge >= 0.3 is 0 Å². The zero-order valence-electron chi connectivity index (χ0n) is 11.7. The quantitative estimate of drug-likeness (QED) is 0.863. The molecule has 0 amide bonds. The average molecular weight is 248 g/mol. The second-order valence-corrected chi connectivity index (χ2v) is 5.33. The molecule has 1 aromatic carbocycles. The van der Waals surface area contributed by atoms with Crippen LogP contribution < -0.4 is 10.1 Å². The number of hydrogen-bond acceptors (Lipinski definition) is 3. The molecule has 1 aliphatic rings. The number of para-hydroxylation sites is 1. The van der Waals surface area contributed by atoms with Crippen molar-refractivity contribution in [2.45, 2.75) is 25.3 Å². The highest BCUT2D eigenvalue weighted by atomic mass is 16.5. The first-order valence-electron chi connectivity index (χ1n) is 6.72. The maximum Gasteiger partial charge on any atom is 0.122 e. The van der Waals surface area contributed by atoms with Crippen molar-refractivity contribution in [1.29, 1.82) is 0 Å². The van der Waals surface area contributed by atoms with Crippen molar-refractivity contribution < 1.29 is 4.74 Å². The molecular weight excluding hydrogens is 224 g/mol. The molecule has 0 aliphatic carbocycles. The molecule has 1 fully saturated rings. The lowest BCUT2D eigenvalue weighted by Crippen LogP contribution is -2.52. The van der Waals surface area contributed by atoms with Gasteiger partial charge in [-0.15, -0.1) is 0 Å². The van der Waals surface area contributed by atoms with Crippen molar-refractivity contribution in [3.8, 4) is 5.75 Å². The summed E-state index contributed by atoms with van der Waals surface area (Å²) in [6.45, 7) is 5.00. The van der Waals surface area contributed by atoms with E-state index >= 15 is 0 Å². The Kier molecular flexibility index (Phi) is 4.25. The Morgan fingerprint density at radius 3 is 2.78 bits per heavy atom. The Balaban J connectivity index is 2.05. The second-order valence-electron chi connectivity index (χ2n) is 5.33. The number of likely N-dealkylation sites (tertiary alicyclic amines) is 1. The molecule has 1 atom stereocenters. The fourth-order valence-corrected chi connectivity index (χ4v) is 2.79. The predicted molar refractivity (Wildman–Crippen MR) is 75.2 cm³/mol. The van der Waals surface area contributed by atoms with Crippen LogP contribution in [0.1, 0.15) is 18.4 Å². The van der Waals surface area contributed by atoms with Crippen LogP contribution in [0.15, 0.2) is 24.3 Å². The highest BCUT2D eigenvalue weighted by Gasteiger charge is 2.38. The van der Waals surface area contributed by atoms with E-state index in [1.807, 2.05) is 19.2 Å². The summed E-state index contributed by atoms with van der Waals surface area (Å²) in [5, 5.41) is 3.31. The molecule has 0 spiro atoms. The largest absolute Gasteiger partial charge is 0.491 e. The minimum absolute atomic E-state index is 0.150. The number of likely N-dealkylation sites (N-methyl/N-ethyl adjacent to an activating group) is 2. The molecule has 3 nitrogen and oxygen atoms in total. The van der Waals surface area contributed by atoms with Crippen molar-refractivity contribution >= 4 is 0 Å². The summed E-state index contributed by atoms with van der Waals surface area (Å²) in [5.74, 6) is 1.01. The van der Waals surface area contributed by atoms with E-state index < -0.39 is 0 Å². The number of nitrogens with one attached hydrogen (secondary N) is 1. The lowest BCUT2D eigenvalue weighted by molar-refractivity contribution is 0.0972. The summed E-state index contributed by atoms with van der Waals surface area (Å²) in [5.41, 5.74) is 1.36. The molecule has 1 N–H and O–H groups in total. The first kappa shape index (κ1) is 13.4. The number of ether oxygens (including phenoxy) is 1. The van der Waals surface area contributed by atoms with Gasteiger partial charge in [0.15, 0.2) is 0 Å². The van der Waals surface area contributed by atoms with Crippen molar-refractivity contribution in [3.05, 3.63) is 29.8 Å². The monoisotopic (exact) mass is 248 g/mol. The molecule has 2 rings (SSSR count). The highest BCUT2D eigenvalue weighted by Crippen LogP contribution is 2.29. The molecule has 1 unspecified atom stereocenters. The summed E-state index contributed by atoms with van der Waals surface area (Å²) in [6, 6.07) is 8.23. The zero-order chi connectivity index (χ0) is 13.0. The van der Waals surface area contributed by atoms with Gasteiger partial charge in [0.25, 0.3) is 0 Å². The van der Waals surface area contributed by atoms with Gasteiger partial charge in [0.2, 0.25) is 0 Å². The molecule has 1 aromatic rings. The Bertz CT molecular complexity index is 394. The van der Waals surface area contributed by atoms with E-state index in [1.54, 1.807) is 0 Å². The standard InChI is InChI=1S/C15H24N2O/c1-13-7-4-5-8-14(13)18-12-15(11-16-2)9-6-10-17(15)3/h4-5,7-8,16H,6,9-12H2,1-3H3. The van der Waals surface area contributed by atoms with Gasteiger partial charge in [-0.2, -0.15) is 0 Å². The van der Waals surface area contributed by atoms with Gasteiger partial charge < -0.3 is 10.1 Å². The lowest BCUT2D eigenvalue weighted by Gasteiger charge is -2.36. The summed E-state index contributed by atoms with van der Waals surface area (Å²) < 4.78 is 6.07. The summed E-state index contributed by atoms with van der Waals surface area (Å²) in [4.78, 5) is 2.43. The van der Waals surface area contributed by atoms with Crippen LogP contribution in [0.3, 0.4) is 0 Å². The third-order valence-electron chi connectivity index (χ3n) is 4.04. The molecule has 1 aliphatic heterocycles. The maximum atomic E-state index is 6.07. The van der Waals surface area contributed by atoms with Crippen molar-refractivity contribution in [1.82, 2.24) is 10.2 Å². The van der Waals surface area contributed by atoms with Crippen LogP contribution in [-0.2, 0) is 0 Å². The molecule has 0 aromatic heterocycles. The second kappa shape index (κ2) is 5.72. The Labute approximate surface area is 110 Å². The average Bonchev–Trinajstić information content (AvgIpc) is 2.71. The minimum atomic E-state index is 0.150. The first-order chi connectivity index (χ1) is 8.68. The van der Waals surface area contributed by atoms with Gasteiger partial charge in [0, 0.05) is 6.54 Å². The fraction of sp³-hybridized carbons (Fsp3) is 0.600. The van der Waals surface area contributed by atoms with Gasteiger partial charge in [-0.1, -0.05) is 18.2 Å². The van der Waals surface area contributed by atoms with Gasteiger partial charge in [-0.05, 0) is 52.0 Å². The summed E-state index contributed by atoms with van der Waals surface area (Å²) >= 11 is 0. The van der Waals surface area contributed by atoms with Gasteiger partial charge in [0.1, 0.15) is 12.4 Å². The molecule has 0 bridgehead atoms. The number of hydrogen-bond donors (Lipinski definition) is 1. The van der Waals surface area contributed by atoms with Crippen LogP contribution in [0.25, 0.3) is 0 Å². The molecule has 100 valence electrons. The van der Waals surface area contributed by atoms with Crippen molar-refractivity contribution in [3.63, 3.8) is 0 Å². The van der Waals surface area contributed by atoms with Crippen LogP contribution in [0.5, 0.6) is 5.75 Å². The molecule has 1 heterocycles. The van der Waals surface area contributed by atoms with Crippen LogP contribution in [0, 0.1) is 6.92 Å². The van der Waals surface area contributed by atoms with Crippen LogP contribution in [0.2, 0.25) is 0 Å². The zero-order valence-corrected chi connectivity index (χ0v) is 11.7. The molecule has 0 radical (unpaired) electrons. The predicted octanol–water partition coefficient (Wildman–Crippen LogP) is 2.06. The van der Waals surface area contributed by atoms with Gasteiger partial charge in [0.05, 0.1) is 5.54 Å². The number of aryl methyl sites for hydroxylation is 1. The van der Waals surface area contributed by atoms with E-state index in [9.17, 15) is 0 Å². The van der Waals surface area contributed by atoms with E-state index in [-0.39, 0.29) is 5.54 Å². The topological polar surface area (TPSA) is 24.5 Å². The van der Waals surface area contributed by atoms with Crippen LogP contribution >= 0.6 is 0 Å². The smallest absolute Gasteiger partial charge is 0.122 e. The van der Waals surface area contributed by atoms with E-state index in [1.165, 1.54) is 24.9 Å². The van der Waals surface area contributed by atoms with Crippen molar-refractivity contribution in [2.24, 2.45) is 0 Å². The van der Waals surface area contributed by atoms with Gasteiger partial charge in [-0.25, -0.2) is 0 Å². The molecule has 0 saturated carbocycles. The van der Waals surface area contributed by atoms with Crippen molar-refractivity contribution in [2.75, 3.05) is 33.8 Å². The number of benzene rings is 1. The van der Waals surface area contributed by atoms with E-state index in [0.717, 1.165) is 18.9 Å². The SMILES string of the molecule is CNCC1(COc2ccccc2C)CCCN1C. The first-order valence-corrected chi connectivity index (χ1v) is 6.72. The maximum absolute atomic E-state index is 6.07. The Morgan fingerprint density at radius 1 is 1.39 bits per heavy atom. The third-order valence-corrected chi connectivity index (χ3v) is 4.04. The summed E-state index contributed by atoms with van der Waals surface area (Å²) in [7, 11) is 4.22. The molecular formula is C15H24N2O. The number of rotatable bonds is 5.